The van der Waals surface area contributed by atoms with E-state index in [1.165, 1.54) is 0 Å². The highest BCUT2D eigenvalue weighted by Gasteiger charge is 2.37. The number of aliphatic hydroxyl groups is 1. The molecule has 7 nitrogen and oxygen atoms in total. The number of aromatic nitrogens is 5. The van der Waals surface area contributed by atoms with Gasteiger partial charge in [-0.05, 0) is 41.3 Å². The molecule has 3 rings (SSSR count). The normalized spacial score (nSPS) is 21.8. The van der Waals surface area contributed by atoms with Crippen LogP contribution in [-0.4, -0.2) is 47.8 Å². The van der Waals surface area contributed by atoms with Crippen LogP contribution in [0.3, 0.4) is 0 Å². The lowest BCUT2D eigenvalue weighted by atomic mass is 10.2. The predicted octanol–water partition coefficient (Wildman–Crippen LogP) is 1.57. The standard InChI is InChI=1S/C16H24N6O/c1-2-3-9-22-16(18-19-20-22)15-7-6-14(12-23)21(15)11-13-5-4-8-17-10-13/h4-5,8,10,14-15,23H,2-3,6-7,9,11-12H2,1H3/t14-,15-/m0/s1. The van der Waals surface area contributed by atoms with E-state index in [1.54, 1.807) is 6.20 Å². The number of hydrogen-bond acceptors (Lipinski definition) is 6. The highest BCUT2D eigenvalue weighted by Crippen LogP contribution is 2.36. The van der Waals surface area contributed by atoms with Gasteiger partial charge in [0.15, 0.2) is 5.82 Å². The summed E-state index contributed by atoms with van der Waals surface area (Å²) in [5, 5.41) is 22.0. The average Bonchev–Trinajstić information content (AvgIpc) is 3.20. The third kappa shape index (κ3) is 3.56. The zero-order valence-corrected chi connectivity index (χ0v) is 13.5. The van der Waals surface area contributed by atoms with E-state index >= 15 is 0 Å². The fraction of sp³-hybridized carbons (Fsp3) is 0.625. The van der Waals surface area contributed by atoms with E-state index < -0.39 is 0 Å². The van der Waals surface area contributed by atoms with Gasteiger partial charge in [-0.2, -0.15) is 0 Å². The number of aliphatic hydroxyl groups excluding tert-OH is 1. The molecule has 23 heavy (non-hydrogen) atoms. The molecule has 0 unspecified atom stereocenters. The largest absolute Gasteiger partial charge is 0.395 e. The van der Waals surface area contributed by atoms with Crippen LogP contribution >= 0.6 is 0 Å². The molecule has 0 bridgehead atoms. The van der Waals surface area contributed by atoms with E-state index in [4.69, 9.17) is 0 Å². The van der Waals surface area contributed by atoms with Crippen LogP contribution < -0.4 is 0 Å². The summed E-state index contributed by atoms with van der Waals surface area (Å²) in [5.74, 6) is 0.915. The number of unbranched alkanes of at least 4 members (excludes halogenated alkanes) is 1. The van der Waals surface area contributed by atoms with Crippen LogP contribution in [0.1, 0.15) is 50.0 Å². The van der Waals surface area contributed by atoms with Gasteiger partial charge >= 0.3 is 0 Å². The molecule has 7 heteroatoms. The van der Waals surface area contributed by atoms with Crippen LogP contribution in [0.5, 0.6) is 0 Å². The summed E-state index contributed by atoms with van der Waals surface area (Å²) in [4.78, 5) is 6.50. The van der Waals surface area contributed by atoms with E-state index in [0.717, 1.165) is 50.2 Å². The Kier molecular flexibility index (Phi) is 5.30. The zero-order chi connectivity index (χ0) is 16.1. The van der Waals surface area contributed by atoms with Gasteiger partial charge in [0.05, 0.1) is 12.6 Å². The molecule has 2 atom stereocenters. The van der Waals surface area contributed by atoms with Crippen LogP contribution in [0.2, 0.25) is 0 Å². The smallest absolute Gasteiger partial charge is 0.168 e. The van der Waals surface area contributed by atoms with Gasteiger partial charge in [-0.25, -0.2) is 4.68 Å². The fourth-order valence-electron chi connectivity index (χ4n) is 3.27. The molecule has 3 heterocycles. The van der Waals surface area contributed by atoms with Crippen LogP contribution in [0.4, 0.5) is 0 Å². The minimum absolute atomic E-state index is 0.150. The number of hydrogen-bond donors (Lipinski definition) is 1. The third-order valence-electron chi connectivity index (χ3n) is 4.52. The van der Waals surface area contributed by atoms with Gasteiger partial charge in [-0.15, -0.1) is 5.10 Å². The lowest BCUT2D eigenvalue weighted by Gasteiger charge is -2.28. The second-order valence-corrected chi connectivity index (χ2v) is 6.08. The number of likely N-dealkylation sites (tertiary alicyclic amines) is 1. The lowest BCUT2D eigenvalue weighted by Crippen LogP contribution is -2.34. The van der Waals surface area contributed by atoms with Crippen molar-refractivity contribution in [3.8, 4) is 0 Å². The number of aryl methyl sites for hydroxylation is 1. The molecule has 1 fully saturated rings. The van der Waals surface area contributed by atoms with Gasteiger partial charge in [-0.1, -0.05) is 19.4 Å². The molecular formula is C16H24N6O. The van der Waals surface area contributed by atoms with Crippen LogP contribution in [-0.2, 0) is 13.1 Å². The van der Waals surface area contributed by atoms with E-state index in [9.17, 15) is 5.11 Å². The second kappa shape index (κ2) is 7.61. The van der Waals surface area contributed by atoms with Crippen LogP contribution in [0.25, 0.3) is 0 Å². The summed E-state index contributed by atoms with van der Waals surface area (Å²) >= 11 is 0. The summed E-state index contributed by atoms with van der Waals surface area (Å²) in [6.45, 7) is 3.92. The zero-order valence-electron chi connectivity index (χ0n) is 13.5. The van der Waals surface area contributed by atoms with Crippen molar-refractivity contribution in [2.75, 3.05) is 6.61 Å². The number of pyridine rings is 1. The fourth-order valence-corrected chi connectivity index (χ4v) is 3.27. The van der Waals surface area contributed by atoms with Crippen LogP contribution in [0, 0.1) is 0 Å². The molecular weight excluding hydrogens is 292 g/mol. The molecule has 0 aliphatic carbocycles. The first-order valence-corrected chi connectivity index (χ1v) is 8.35. The monoisotopic (exact) mass is 316 g/mol. The molecule has 1 N–H and O–H groups in total. The topological polar surface area (TPSA) is 80.0 Å². The summed E-state index contributed by atoms with van der Waals surface area (Å²) < 4.78 is 1.92. The van der Waals surface area contributed by atoms with Crippen molar-refractivity contribution in [3.05, 3.63) is 35.9 Å². The van der Waals surface area contributed by atoms with Crippen molar-refractivity contribution in [1.82, 2.24) is 30.1 Å². The Morgan fingerprint density at radius 2 is 2.26 bits per heavy atom. The maximum atomic E-state index is 9.72. The van der Waals surface area contributed by atoms with Crippen molar-refractivity contribution >= 4 is 0 Å². The lowest BCUT2D eigenvalue weighted by molar-refractivity contribution is 0.117. The molecule has 124 valence electrons. The van der Waals surface area contributed by atoms with Gasteiger partial charge in [0.25, 0.3) is 0 Å². The summed E-state index contributed by atoms with van der Waals surface area (Å²) in [7, 11) is 0. The van der Waals surface area contributed by atoms with E-state index in [-0.39, 0.29) is 18.7 Å². The Hall–Kier alpha value is -1.86. The Bertz CT molecular complexity index is 602. The molecule has 2 aromatic heterocycles. The van der Waals surface area contributed by atoms with Gasteiger partial charge in [0.1, 0.15) is 0 Å². The first-order chi connectivity index (χ1) is 11.3. The first kappa shape index (κ1) is 16.0. The Morgan fingerprint density at radius 1 is 1.35 bits per heavy atom. The number of nitrogens with zero attached hydrogens (tertiary/aromatic N) is 6. The first-order valence-electron chi connectivity index (χ1n) is 8.35. The highest BCUT2D eigenvalue weighted by atomic mass is 16.3. The van der Waals surface area contributed by atoms with Crippen LogP contribution in [0.15, 0.2) is 24.5 Å². The Balaban J connectivity index is 1.81. The van der Waals surface area contributed by atoms with E-state index in [1.807, 2.05) is 16.9 Å². The van der Waals surface area contributed by atoms with E-state index in [2.05, 4.69) is 38.4 Å². The Labute approximate surface area is 136 Å². The molecule has 1 saturated heterocycles. The number of rotatable bonds is 7. The van der Waals surface area contributed by atoms with Gasteiger partial charge in [0, 0.05) is 31.5 Å². The average molecular weight is 316 g/mol. The molecule has 1 aliphatic rings. The minimum Gasteiger partial charge on any atom is -0.395 e. The SMILES string of the molecule is CCCCn1nnnc1[C@@H]1CC[C@@H](CO)N1Cc1cccnc1. The molecule has 0 spiro atoms. The molecule has 1 aliphatic heterocycles. The minimum atomic E-state index is 0.150. The molecule has 2 aromatic rings. The molecule has 0 saturated carbocycles. The predicted molar refractivity (Wildman–Crippen MR) is 85.4 cm³/mol. The van der Waals surface area contributed by atoms with Gasteiger partial charge < -0.3 is 5.11 Å². The summed E-state index contributed by atoms with van der Waals surface area (Å²) in [6, 6.07) is 4.31. The maximum Gasteiger partial charge on any atom is 0.168 e. The van der Waals surface area contributed by atoms with Crippen molar-refractivity contribution in [2.45, 2.75) is 57.8 Å². The highest BCUT2D eigenvalue weighted by molar-refractivity contribution is 5.11. The van der Waals surface area contributed by atoms with Gasteiger partial charge in [0.2, 0.25) is 0 Å². The van der Waals surface area contributed by atoms with Crippen molar-refractivity contribution in [1.29, 1.82) is 0 Å². The van der Waals surface area contributed by atoms with Crippen molar-refractivity contribution < 1.29 is 5.11 Å². The second-order valence-electron chi connectivity index (χ2n) is 6.08. The van der Waals surface area contributed by atoms with Crippen molar-refractivity contribution in [3.63, 3.8) is 0 Å². The maximum absolute atomic E-state index is 9.72. The Morgan fingerprint density at radius 3 is 3.00 bits per heavy atom. The summed E-state index contributed by atoms with van der Waals surface area (Å²) in [6.07, 6.45) is 7.77. The summed E-state index contributed by atoms with van der Waals surface area (Å²) in [5.41, 5.74) is 1.14. The molecule has 0 radical (unpaired) electrons. The third-order valence-corrected chi connectivity index (χ3v) is 4.52. The quantitative estimate of drug-likeness (QED) is 0.835. The van der Waals surface area contributed by atoms with Gasteiger partial charge in [-0.3, -0.25) is 9.88 Å². The number of tetrazole rings is 1. The molecule has 0 aromatic carbocycles. The molecule has 0 amide bonds. The van der Waals surface area contributed by atoms with E-state index in [0.29, 0.717) is 0 Å². The van der Waals surface area contributed by atoms with Crippen molar-refractivity contribution in [2.24, 2.45) is 0 Å².